The van der Waals surface area contributed by atoms with E-state index < -0.39 is 50.8 Å². The lowest BCUT2D eigenvalue weighted by Gasteiger charge is -2.59. The average Bonchev–Trinajstić information content (AvgIpc) is 2.24. The lowest BCUT2D eigenvalue weighted by atomic mass is 9.83. The lowest BCUT2D eigenvalue weighted by molar-refractivity contribution is -0.235. The normalized spacial score (nSPS) is 25.0. The maximum absolute atomic E-state index is 12.7. The summed E-state index contributed by atoms with van der Waals surface area (Å²) in [6.45, 7) is 9.25. The number of amides is 1. The van der Waals surface area contributed by atoms with Crippen LogP contribution in [0.25, 0.3) is 0 Å². The Balaban J connectivity index is 3.17. The summed E-state index contributed by atoms with van der Waals surface area (Å²) in [6, 6.07) is -1.12. The molecule has 0 aromatic carbocycles. The molecule has 0 aromatic heterocycles. The number of carboxylic acids is 1. The minimum Gasteiger partial charge on any atom is -0.481 e. The van der Waals surface area contributed by atoms with Crippen molar-refractivity contribution in [2.45, 2.75) is 63.6 Å². The molecule has 0 aliphatic carbocycles. The third kappa shape index (κ3) is 3.14. The van der Waals surface area contributed by atoms with Gasteiger partial charge < -0.3 is 14.8 Å². The van der Waals surface area contributed by atoms with Crippen LogP contribution in [0.2, 0.25) is 18.1 Å². The van der Waals surface area contributed by atoms with Crippen molar-refractivity contribution >= 4 is 20.1 Å². The third-order valence-corrected chi connectivity index (χ3v) is 10.2. The van der Waals surface area contributed by atoms with Crippen molar-refractivity contribution in [3.63, 3.8) is 0 Å². The summed E-state index contributed by atoms with van der Waals surface area (Å²) in [5.41, 5.74) is 0. The van der Waals surface area contributed by atoms with E-state index in [1.54, 1.807) is 0 Å². The van der Waals surface area contributed by atoms with Crippen LogP contribution in [0.4, 0.5) is 13.2 Å². The highest BCUT2D eigenvalue weighted by atomic mass is 28.3. The first-order valence-electron chi connectivity index (χ1n) is 6.92. The van der Waals surface area contributed by atoms with Crippen molar-refractivity contribution in [3.8, 4) is 0 Å². The van der Waals surface area contributed by atoms with Gasteiger partial charge in [-0.05, 0) is 5.04 Å². The van der Waals surface area contributed by atoms with E-state index in [0.29, 0.717) is 0 Å². The number of nitrogens with zero attached hydrogens (tertiary/aromatic N) is 1. The van der Waals surface area contributed by atoms with Gasteiger partial charge in [-0.1, -0.05) is 33.9 Å². The number of aliphatic carboxylic acids is 1. The Labute approximate surface area is 128 Å². The highest BCUT2D eigenvalue weighted by Gasteiger charge is 2.63. The Hall–Kier alpha value is -1.09. The minimum absolute atomic E-state index is 0.340. The number of carbonyl (C=O) groups excluding carboxylic acids is 1. The molecule has 0 unspecified atom stereocenters. The minimum atomic E-state index is -4.95. The second-order valence-corrected chi connectivity index (χ2v) is 12.3. The number of hydrogen-bond donors (Lipinski definition) is 2. The van der Waals surface area contributed by atoms with Gasteiger partial charge in [-0.15, -0.1) is 0 Å². The average molecular weight is 341 g/mol. The molecule has 1 saturated heterocycles. The van der Waals surface area contributed by atoms with Gasteiger partial charge in [0.05, 0.1) is 12.3 Å². The highest BCUT2D eigenvalue weighted by Crippen LogP contribution is 2.47. The van der Waals surface area contributed by atoms with E-state index in [-0.39, 0.29) is 5.04 Å². The number of alkyl halides is 3. The van der Waals surface area contributed by atoms with Gasteiger partial charge in [-0.2, -0.15) is 13.2 Å². The van der Waals surface area contributed by atoms with E-state index in [4.69, 9.17) is 5.11 Å². The summed E-state index contributed by atoms with van der Waals surface area (Å²) in [6.07, 6.45) is -8.38. The number of aliphatic hydroxyl groups excluding tert-OH is 1. The van der Waals surface area contributed by atoms with Crippen LogP contribution >= 0.6 is 0 Å². The number of halogens is 3. The molecule has 3 atom stereocenters. The molecule has 1 aliphatic heterocycles. The van der Waals surface area contributed by atoms with Crippen LogP contribution in [0.3, 0.4) is 0 Å². The van der Waals surface area contributed by atoms with Crippen molar-refractivity contribution in [2.75, 3.05) is 0 Å². The zero-order valence-corrected chi connectivity index (χ0v) is 14.2. The first-order valence-corrected chi connectivity index (χ1v) is 9.87. The van der Waals surface area contributed by atoms with Gasteiger partial charge in [-0.3, -0.25) is 9.59 Å². The van der Waals surface area contributed by atoms with Crippen LogP contribution in [0.15, 0.2) is 0 Å². The summed E-state index contributed by atoms with van der Waals surface area (Å²) < 4.78 is 39.4. The SMILES string of the molecule is CC(C)(C)[Si](C)(C)N1C(=O)[C@H]([C@H](O)C(F)(F)F)[C@H]1CC(=O)O. The predicted molar refractivity (Wildman–Crippen MR) is 75.6 cm³/mol. The predicted octanol–water partition coefficient (Wildman–Crippen LogP) is 2.22. The van der Waals surface area contributed by atoms with Gasteiger partial charge in [-0.25, -0.2) is 0 Å². The van der Waals surface area contributed by atoms with E-state index in [2.05, 4.69) is 0 Å². The molecule has 0 bridgehead atoms. The number of carboxylic acid groups (broad SMARTS) is 1. The number of hydrogen-bond acceptors (Lipinski definition) is 3. The molecule has 5 nitrogen and oxygen atoms in total. The maximum atomic E-state index is 12.7. The molecule has 9 heteroatoms. The Morgan fingerprint density at radius 2 is 1.77 bits per heavy atom. The smallest absolute Gasteiger partial charge is 0.415 e. The van der Waals surface area contributed by atoms with Crippen molar-refractivity contribution in [3.05, 3.63) is 0 Å². The Morgan fingerprint density at radius 1 is 1.32 bits per heavy atom. The van der Waals surface area contributed by atoms with E-state index in [9.17, 15) is 27.9 Å². The highest BCUT2D eigenvalue weighted by molar-refractivity contribution is 6.80. The van der Waals surface area contributed by atoms with Crippen molar-refractivity contribution < 1.29 is 33.0 Å². The zero-order valence-electron chi connectivity index (χ0n) is 13.2. The lowest BCUT2D eigenvalue weighted by Crippen LogP contribution is -2.76. The second kappa shape index (κ2) is 5.52. The third-order valence-electron chi connectivity index (χ3n) is 4.77. The molecule has 128 valence electrons. The van der Waals surface area contributed by atoms with Gasteiger partial charge in [0.15, 0.2) is 14.3 Å². The summed E-state index contributed by atoms with van der Waals surface area (Å²) in [5, 5.41) is 18.0. The number of aliphatic hydroxyl groups is 1. The Bertz CT molecular complexity index is 473. The molecule has 2 N–H and O–H groups in total. The van der Waals surface area contributed by atoms with E-state index >= 15 is 0 Å². The van der Waals surface area contributed by atoms with Crippen molar-refractivity contribution in [1.29, 1.82) is 0 Å². The summed E-state index contributed by atoms with van der Waals surface area (Å²) in [5.74, 6) is -3.83. The number of β-lactam (4-membered cyclic amide) rings is 1. The van der Waals surface area contributed by atoms with Gasteiger partial charge in [0.25, 0.3) is 0 Å². The van der Waals surface area contributed by atoms with Crippen LogP contribution in [0.5, 0.6) is 0 Å². The second-order valence-electron chi connectivity index (χ2n) is 7.19. The number of rotatable bonds is 4. The Kier molecular flexibility index (Phi) is 4.76. The quantitative estimate of drug-likeness (QED) is 0.607. The molecule has 1 aliphatic rings. The molecule has 1 fully saturated rings. The maximum Gasteiger partial charge on any atom is 0.415 e. The van der Waals surface area contributed by atoms with Crippen molar-refractivity contribution in [1.82, 2.24) is 4.57 Å². The fraction of sp³-hybridized carbons (Fsp3) is 0.846. The van der Waals surface area contributed by atoms with Gasteiger partial charge in [0.1, 0.15) is 0 Å². The molecule has 1 rings (SSSR count). The number of carbonyl (C=O) groups is 2. The summed E-state index contributed by atoms with van der Waals surface area (Å²) in [4.78, 5) is 23.2. The molecule has 0 saturated carbocycles. The molecule has 0 spiro atoms. The van der Waals surface area contributed by atoms with Crippen molar-refractivity contribution in [2.24, 2.45) is 5.92 Å². The zero-order chi connectivity index (χ0) is 17.7. The van der Waals surface area contributed by atoms with Crippen LogP contribution in [-0.2, 0) is 9.59 Å². The first kappa shape index (κ1) is 19.0. The van der Waals surface area contributed by atoms with Crippen LogP contribution in [-0.4, -0.2) is 53.2 Å². The monoisotopic (exact) mass is 341 g/mol. The van der Waals surface area contributed by atoms with Crippen LogP contribution in [0.1, 0.15) is 27.2 Å². The molecule has 0 radical (unpaired) electrons. The fourth-order valence-electron chi connectivity index (χ4n) is 2.56. The van der Waals surface area contributed by atoms with Gasteiger partial charge in [0.2, 0.25) is 5.91 Å². The van der Waals surface area contributed by atoms with Gasteiger partial charge >= 0.3 is 12.1 Å². The largest absolute Gasteiger partial charge is 0.481 e. The molecule has 1 amide bonds. The Morgan fingerprint density at radius 3 is 2.09 bits per heavy atom. The van der Waals surface area contributed by atoms with E-state index in [1.807, 2.05) is 33.9 Å². The van der Waals surface area contributed by atoms with E-state index in [1.165, 1.54) is 4.57 Å². The summed E-state index contributed by atoms with van der Waals surface area (Å²) >= 11 is 0. The van der Waals surface area contributed by atoms with Gasteiger partial charge in [0, 0.05) is 6.04 Å². The standard InChI is InChI=1S/C13H22F3NO4Si/c1-12(2,3)22(4,5)17-7(6-8(18)19)9(11(17)21)10(20)13(14,15)16/h7,9-10,20H,6H2,1-5H3,(H,18,19)/t7-,9+,10+/m1/s1. The molecular weight excluding hydrogens is 319 g/mol. The molecular formula is C13H22F3NO4Si. The molecule has 22 heavy (non-hydrogen) atoms. The fourth-order valence-corrected chi connectivity index (χ4v) is 5.07. The van der Waals surface area contributed by atoms with E-state index in [0.717, 1.165) is 0 Å². The topological polar surface area (TPSA) is 77.8 Å². The summed E-state index contributed by atoms with van der Waals surface area (Å²) in [7, 11) is -2.52. The first-order chi connectivity index (χ1) is 9.62. The molecule has 1 heterocycles. The van der Waals surface area contributed by atoms with Crippen LogP contribution in [0, 0.1) is 5.92 Å². The molecule has 0 aromatic rings. The van der Waals surface area contributed by atoms with Crippen LogP contribution < -0.4 is 0 Å².